The Morgan fingerprint density at radius 1 is 1.13 bits per heavy atom. The maximum atomic E-state index is 13.6. The smallest absolute Gasteiger partial charge is 0.453 e. The minimum Gasteiger partial charge on any atom is -0.479 e. The summed E-state index contributed by atoms with van der Waals surface area (Å²) in [5, 5.41) is 10.1. The average molecular weight is 468 g/mol. The summed E-state index contributed by atoms with van der Waals surface area (Å²) in [6.07, 6.45) is -3.86. The Morgan fingerprint density at radius 2 is 1.81 bits per heavy atom. The molecule has 0 saturated carbocycles. The number of ether oxygens (including phenoxy) is 1. The van der Waals surface area contributed by atoms with E-state index in [0.717, 1.165) is 18.0 Å². The lowest BCUT2D eigenvalue weighted by molar-refractivity contribution is -0.147. The van der Waals surface area contributed by atoms with Crippen LogP contribution >= 0.6 is 11.8 Å². The Balaban J connectivity index is 1.77. The Morgan fingerprint density at radius 3 is 2.42 bits per heavy atom. The fourth-order valence-electron chi connectivity index (χ4n) is 2.24. The molecule has 0 radical (unpaired) electrons. The van der Waals surface area contributed by atoms with Crippen LogP contribution in [0, 0.1) is 23.3 Å². The summed E-state index contributed by atoms with van der Waals surface area (Å²) in [5.74, 6) is -9.01. The first-order chi connectivity index (χ1) is 14.6. The van der Waals surface area contributed by atoms with Crippen LogP contribution in [0.5, 0.6) is 5.75 Å². The summed E-state index contributed by atoms with van der Waals surface area (Å²) in [7, 11) is 0. The average Bonchev–Trinajstić information content (AvgIpc) is 3.31. The molecule has 0 bridgehead atoms. The maximum Gasteiger partial charge on any atom is 0.453 e. The van der Waals surface area contributed by atoms with Crippen LogP contribution in [0.2, 0.25) is 0 Å². The quantitative estimate of drug-likeness (QED) is 0.211. The zero-order valence-corrected chi connectivity index (χ0v) is 16.2. The van der Waals surface area contributed by atoms with Gasteiger partial charge in [-0.25, -0.2) is 8.78 Å². The van der Waals surface area contributed by atoms with E-state index in [0.29, 0.717) is 10.4 Å². The van der Waals surface area contributed by atoms with Gasteiger partial charge in [0.25, 0.3) is 5.82 Å². The summed E-state index contributed by atoms with van der Waals surface area (Å²) in [6, 6.07) is 2.58. The lowest BCUT2D eigenvalue weighted by Crippen LogP contribution is -2.13. The van der Waals surface area contributed by atoms with E-state index in [-0.39, 0.29) is 22.7 Å². The predicted octanol–water partition coefficient (Wildman–Crippen LogP) is 5.02. The highest BCUT2D eigenvalue weighted by Gasteiger charge is 2.39. The van der Waals surface area contributed by atoms with Gasteiger partial charge in [0.15, 0.2) is 17.4 Å². The van der Waals surface area contributed by atoms with Crippen LogP contribution in [0.15, 0.2) is 32.9 Å². The van der Waals surface area contributed by atoms with Crippen LogP contribution < -0.4 is 4.74 Å². The standard InChI is InChI=1S/C17H11F7N4O2S/c1-2-31-16-27-26-15(17(22,23)24)28(16)25-6-8-3-4-9(30-8)7-29-14-12(20)10(18)5-11(19)13(14)21/h3-6H,2,7H2,1H3/b25-6-. The van der Waals surface area contributed by atoms with Crippen LogP contribution in [-0.2, 0) is 12.8 Å². The van der Waals surface area contributed by atoms with Crippen LogP contribution in [0.25, 0.3) is 0 Å². The zero-order valence-electron chi connectivity index (χ0n) is 15.4. The van der Waals surface area contributed by atoms with Gasteiger partial charge in [-0.2, -0.15) is 31.7 Å². The normalized spacial score (nSPS) is 12.1. The van der Waals surface area contributed by atoms with Gasteiger partial charge in [-0.15, -0.1) is 10.2 Å². The number of hydrogen-bond acceptors (Lipinski definition) is 6. The Labute approximate surface area is 173 Å². The molecular weight excluding hydrogens is 457 g/mol. The zero-order chi connectivity index (χ0) is 22.8. The fraction of sp³-hybridized carbons (Fsp3) is 0.235. The van der Waals surface area contributed by atoms with Gasteiger partial charge in [0, 0.05) is 6.07 Å². The van der Waals surface area contributed by atoms with Crippen LogP contribution in [0.1, 0.15) is 24.3 Å². The van der Waals surface area contributed by atoms with E-state index in [9.17, 15) is 30.7 Å². The molecular formula is C17H11F7N4O2S. The first-order valence-electron chi connectivity index (χ1n) is 8.36. The molecule has 14 heteroatoms. The number of alkyl halides is 3. The van der Waals surface area contributed by atoms with Crippen molar-refractivity contribution in [3.63, 3.8) is 0 Å². The van der Waals surface area contributed by atoms with E-state index in [1.54, 1.807) is 6.92 Å². The molecule has 0 N–H and O–H groups in total. The molecule has 1 aromatic carbocycles. The second-order valence-corrected chi connectivity index (χ2v) is 6.91. The summed E-state index contributed by atoms with van der Waals surface area (Å²) < 4.78 is 103. The molecule has 0 spiro atoms. The molecule has 3 rings (SSSR count). The number of thioether (sulfide) groups is 1. The molecule has 0 aliphatic heterocycles. The van der Waals surface area contributed by atoms with Gasteiger partial charge < -0.3 is 9.15 Å². The highest BCUT2D eigenvalue weighted by molar-refractivity contribution is 7.99. The van der Waals surface area contributed by atoms with Crippen molar-refractivity contribution >= 4 is 18.0 Å². The summed E-state index contributed by atoms with van der Waals surface area (Å²) >= 11 is 0.983. The molecule has 6 nitrogen and oxygen atoms in total. The molecule has 0 saturated heterocycles. The highest BCUT2D eigenvalue weighted by atomic mass is 32.2. The minimum atomic E-state index is -4.80. The first kappa shape index (κ1) is 22.7. The Hall–Kier alpha value is -3.03. The summed E-state index contributed by atoms with van der Waals surface area (Å²) in [4.78, 5) is 0. The van der Waals surface area contributed by atoms with E-state index in [2.05, 4.69) is 15.3 Å². The molecule has 0 amide bonds. The van der Waals surface area contributed by atoms with Crippen molar-refractivity contribution in [3.05, 3.63) is 58.8 Å². The molecule has 2 heterocycles. The number of halogens is 7. The monoisotopic (exact) mass is 468 g/mol. The Kier molecular flexibility index (Phi) is 6.57. The van der Waals surface area contributed by atoms with Gasteiger partial charge in [0.2, 0.25) is 16.8 Å². The van der Waals surface area contributed by atoms with Crippen molar-refractivity contribution in [1.29, 1.82) is 0 Å². The SMILES string of the molecule is CCSc1nnc(C(F)(F)F)n1/N=C\c1ccc(COc2c(F)c(F)cc(F)c2F)o1. The molecule has 2 aromatic heterocycles. The van der Waals surface area contributed by atoms with Gasteiger partial charge in [-0.05, 0) is 17.9 Å². The third-order valence-corrected chi connectivity index (χ3v) is 4.35. The van der Waals surface area contributed by atoms with Gasteiger partial charge >= 0.3 is 6.18 Å². The van der Waals surface area contributed by atoms with Gasteiger partial charge in [-0.3, -0.25) is 0 Å². The summed E-state index contributed by atoms with van der Waals surface area (Å²) in [6.45, 7) is 1.08. The van der Waals surface area contributed by atoms with E-state index in [4.69, 9.17) is 9.15 Å². The lowest BCUT2D eigenvalue weighted by atomic mass is 10.3. The largest absolute Gasteiger partial charge is 0.479 e. The van der Waals surface area contributed by atoms with Gasteiger partial charge in [0.1, 0.15) is 18.1 Å². The molecule has 0 atom stereocenters. The van der Waals surface area contributed by atoms with Gasteiger partial charge in [0.05, 0.1) is 6.21 Å². The summed E-state index contributed by atoms with van der Waals surface area (Å²) in [5.41, 5.74) is 0. The Bertz CT molecular complexity index is 1080. The predicted molar refractivity (Wildman–Crippen MR) is 93.7 cm³/mol. The number of benzene rings is 1. The third-order valence-electron chi connectivity index (χ3n) is 3.55. The second kappa shape index (κ2) is 8.99. The van der Waals surface area contributed by atoms with Crippen LogP contribution in [-0.4, -0.2) is 26.8 Å². The second-order valence-electron chi connectivity index (χ2n) is 5.68. The molecule has 0 fully saturated rings. The lowest BCUT2D eigenvalue weighted by Gasteiger charge is -2.08. The molecule has 0 aliphatic rings. The van der Waals surface area contributed by atoms with Crippen molar-refractivity contribution < 1.29 is 39.9 Å². The molecule has 166 valence electrons. The number of rotatable bonds is 7. The van der Waals surface area contributed by atoms with Crippen molar-refractivity contribution in [2.75, 3.05) is 5.75 Å². The number of aromatic nitrogens is 3. The highest BCUT2D eigenvalue weighted by Crippen LogP contribution is 2.30. The maximum absolute atomic E-state index is 13.6. The topological polar surface area (TPSA) is 65.4 Å². The fourth-order valence-corrected chi connectivity index (χ4v) is 2.86. The van der Waals surface area contributed by atoms with Crippen molar-refractivity contribution in [2.24, 2.45) is 5.10 Å². The van der Waals surface area contributed by atoms with Crippen LogP contribution in [0.4, 0.5) is 30.7 Å². The van der Waals surface area contributed by atoms with E-state index < -0.39 is 47.6 Å². The van der Waals surface area contributed by atoms with E-state index in [1.807, 2.05) is 0 Å². The third kappa shape index (κ3) is 5.00. The van der Waals surface area contributed by atoms with E-state index >= 15 is 0 Å². The van der Waals surface area contributed by atoms with Crippen molar-refractivity contribution in [1.82, 2.24) is 14.9 Å². The molecule has 0 aliphatic carbocycles. The first-order valence-corrected chi connectivity index (χ1v) is 9.34. The van der Waals surface area contributed by atoms with Crippen molar-refractivity contribution in [2.45, 2.75) is 24.9 Å². The van der Waals surface area contributed by atoms with Gasteiger partial charge in [-0.1, -0.05) is 18.7 Å². The molecule has 31 heavy (non-hydrogen) atoms. The minimum absolute atomic E-state index is 0.0320. The van der Waals surface area contributed by atoms with E-state index in [1.165, 1.54) is 12.1 Å². The number of nitrogens with zero attached hydrogens (tertiary/aromatic N) is 4. The molecule has 3 aromatic rings. The molecule has 0 unspecified atom stereocenters. The van der Waals surface area contributed by atoms with Crippen LogP contribution in [0.3, 0.4) is 0 Å². The number of hydrogen-bond donors (Lipinski definition) is 0. The number of furan rings is 1. The van der Waals surface area contributed by atoms with Crippen molar-refractivity contribution in [3.8, 4) is 5.75 Å².